The molecule has 5 rings (SSSR count). The van der Waals surface area contributed by atoms with Gasteiger partial charge in [0, 0.05) is 11.9 Å². The highest BCUT2D eigenvalue weighted by molar-refractivity contribution is 8.00. The van der Waals surface area contributed by atoms with E-state index in [0.29, 0.717) is 29.2 Å². The van der Waals surface area contributed by atoms with Crippen LogP contribution >= 0.6 is 23.1 Å². The quantitative estimate of drug-likeness (QED) is 0.392. The number of furan rings is 1. The zero-order chi connectivity index (χ0) is 19.6. The zero-order valence-electron chi connectivity index (χ0n) is 15.1. The van der Waals surface area contributed by atoms with Crippen molar-refractivity contribution in [1.29, 1.82) is 0 Å². The van der Waals surface area contributed by atoms with E-state index >= 15 is 0 Å². The number of aromatic nitrogens is 4. The summed E-state index contributed by atoms with van der Waals surface area (Å²) in [5.74, 6) is 1.06. The lowest BCUT2D eigenvalue weighted by molar-refractivity contribution is 0.660. The van der Waals surface area contributed by atoms with Crippen molar-refractivity contribution < 1.29 is 4.42 Å². The SMILES string of the molecule is O=c1[nH]c(CSc2nnc(NCc3ccccc3)s2)nc2c1oc1ccccc12. The molecule has 0 aliphatic heterocycles. The number of nitrogens with one attached hydrogen (secondary N) is 2. The lowest BCUT2D eigenvalue weighted by Crippen LogP contribution is -2.10. The van der Waals surface area contributed by atoms with E-state index in [9.17, 15) is 4.79 Å². The lowest BCUT2D eigenvalue weighted by atomic mass is 10.2. The molecule has 0 aliphatic rings. The Balaban J connectivity index is 1.30. The molecule has 0 saturated heterocycles. The number of thioether (sulfide) groups is 1. The van der Waals surface area contributed by atoms with Gasteiger partial charge in [-0.3, -0.25) is 4.79 Å². The molecule has 2 aromatic carbocycles. The number of rotatable bonds is 6. The molecule has 3 aromatic heterocycles. The van der Waals surface area contributed by atoms with Gasteiger partial charge < -0.3 is 14.7 Å². The molecule has 5 aromatic rings. The Kier molecular flexibility index (Phi) is 4.74. The van der Waals surface area contributed by atoms with Gasteiger partial charge in [-0.1, -0.05) is 65.6 Å². The maximum absolute atomic E-state index is 12.4. The number of nitrogens with zero attached hydrogens (tertiary/aromatic N) is 3. The Hall–Kier alpha value is -3.17. The summed E-state index contributed by atoms with van der Waals surface area (Å²) < 4.78 is 6.43. The highest BCUT2D eigenvalue weighted by atomic mass is 32.2. The summed E-state index contributed by atoms with van der Waals surface area (Å²) in [6.07, 6.45) is 0. The second-order valence-corrected chi connectivity index (χ2v) is 8.49. The second kappa shape index (κ2) is 7.69. The predicted octanol–water partition coefficient (Wildman–Crippen LogP) is 4.43. The molecule has 0 radical (unpaired) electrons. The van der Waals surface area contributed by atoms with Crippen LogP contribution in [0.1, 0.15) is 11.4 Å². The Morgan fingerprint density at radius 1 is 1.07 bits per heavy atom. The molecule has 0 bridgehead atoms. The van der Waals surface area contributed by atoms with Crippen LogP contribution in [0.2, 0.25) is 0 Å². The van der Waals surface area contributed by atoms with E-state index in [0.717, 1.165) is 14.9 Å². The van der Waals surface area contributed by atoms with Crippen molar-refractivity contribution in [1.82, 2.24) is 20.2 Å². The lowest BCUT2D eigenvalue weighted by Gasteiger charge is -2.01. The van der Waals surface area contributed by atoms with Gasteiger partial charge in [0.05, 0.1) is 5.75 Å². The third-order valence-electron chi connectivity index (χ3n) is 4.31. The second-order valence-electron chi connectivity index (χ2n) is 6.29. The summed E-state index contributed by atoms with van der Waals surface area (Å²) >= 11 is 2.96. The van der Waals surface area contributed by atoms with Gasteiger partial charge >= 0.3 is 0 Å². The van der Waals surface area contributed by atoms with Gasteiger partial charge in [-0.05, 0) is 17.7 Å². The molecule has 0 fully saturated rings. The van der Waals surface area contributed by atoms with E-state index < -0.39 is 0 Å². The average Bonchev–Trinajstić information content (AvgIpc) is 3.36. The molecule has 0 spiro atoms. The highest BCUT2D eigenvalue weighted by Crippen LogP contribution is 2.29. The zero-order valence-corrected chi connectivity index (χ0v) is 16.7. The van der Waals surface area contributed by atoms with Gasteiger partial charge in [-0.25, -0.2) is 4.98 Å². The van der Waals surface area contributed by atoms with Crippen LogP contribution in [0.5, 0.6) is 0 Å². The fourth-order valence-corrected chi connectivity index (χ4v) is 4.58. The Labute approximate surface area is 173 Å². The van der Waals surface area contributed by atoms with Crippen molar-refractivity contribution in [3.63, 3.8) is 0 Å². The van der Waals surface area contributed by atoms with Crippen molar-refractivity contribution >= 4 is 50.3 Å². The highest BCUT2D eigenvalue weighted by Gasteiger charge is 2.13. The summed E-state index contributed by atoms with van der Waals surface area (Å²) in [7, 11) is 0. The summed E-state index contributed by atoms with van der Waals surface area (Å²) in [4.78, 5) is 19.8. The molecule has 9 heteroatoms. The van der Waals surface area contributed by atoms with Crippen molar-refractivity contribution in [2.24, 2.45) is 0 Å². The summed E-state index contributed by atoms with van der Waals surface area (Å²) in [6, 6.07) is 17.6. The van der Waals surface area contributed by atoms with Crippen molar-refractivity contribution in [2.45, 2.75) is 16.6 Å². The third kappa shape index (κ3) is 3.74. The van der Waals surface area contributed by atoms with Gasteiger partial charge in [0.15, 0.2) is 4.34 Å². The fourth-order valence-electron chi connectivity index (χ4n) is 2.96. The van der Waals surface area contributed by atoms with Crippen molar-refractivity contribution in [3.8, 4) is 0 Å². The van der Waals surface area contributed by atoms with E-state index in [-0.39, 0.29) is 11.1 Å². The number of para-hydroxylation sites is 1. The number of fused-ring (bicyclic) bond motifs is 3. The molecule has 0 atom stereocenters. The Morgan fingerprint density at radius 2 is 1.90 bits per heavy atom. The standard InChI is InChI=1S/C20H15N5O2S2/c26-18-17-16(13-8-4-5-9-14(13)27-17)22-15(23-18)11-28-20-25-24-19(29-20)21-10-12-6-2-1-3-7-12/h1-9H,10-11H2,(H,21,24)(H,22,23,26). The van der Waals surface area contributed by atoms with E-state index in [1.54, 1.807) is 0 Å². The van der Waals surface area contributed by atoms with Crippen LogP contribution in [0, 0.1) is 0 Å². The molecular weight excluding hydrogens is 406 g/mol. The molecular formula is C20H15N5O2S2. The molecule has 3 heterocycles. The molecule has 0 aliphatic carbocycles. The fraction of sp³-hybridized carbons (Fsp3) is 0.100. The van der Waals surface area contributed by atoms with Gasteiger partial charge in [0.2, 0.25) is 10.7 Å². The van der Waals surface area contributed by atoms with Gasteiger partial charge in [-0.15, -0.1) is 10.2 Å². The monoisotopic (exact) mass is 421 g/mol. The van der Waals surface area contributed by atoms with Crippen LogP contribution in [0.15, 0.2) is 68.1 Å². The third-order valence-corrected chi connectivity index (χ3v) is 6.33. The molecule has 0 unspecified atom stereocenters. The molecule has 29 heavy (non-hydrogen) atoms. The smallest absolute Gasteiger partial charge is 0.294 e. The topological polar surface area (TPSA) is 96.7 Å². The summed E-state index contributed by atoms with van der Waals surface area (Å²) in [5.41, 5.74) is 2.40. The summed E-state index contributed by atoms with van der Waals surface area (Å²) in [5, 5.41) is 13.2. The summed E-state index contributed by atoms with van der Waals surface area (Å²) in [6.45, 7) is 0.694. The number of anilines is 1. The molecule has 0 amide bonds. The molecule has 2 N–H and O–H groups in total. The minimum absolute atomic E-state index is 0.253. The van der Waals surface area contributed by atoms with Crippen LogP contribution in [0.25, 0.3) is 22.1 Å². The maximum Gasteiger partial charge on any atom is 0.294 e. The normalized spacial score (nSPS) is 11.3. The Morgan fingerprint density at radius 3 is 2.79 bits per heavy atom. The first-order valence-corrected chi connectivity index (χ1v) is 10.7. The van der Waals surface area contributed by atoms with Crippen LogP contribution < -0.4 is 10.9 Å². The van der Waals surface area contributed by atoms with Gasteiger partial charge in [0.25, 0.3) is 5.56 Å². The van der Waals surface area contributed by atoms with E-state index in [1.165, 1.54) is 28.7 Å². The number of H-pyrrole nitrogens is 1. The largest absolute Gasteiger partial charge is 0.449 e. The first kappa shape index (κ1) is 17.9. The van der Waals surface area contributed by atoms with Crippen LogP contribution in [-0.4, -0.2) is 20.2 Å². The first-order chi connectivity index (χ1) is 14.3. The van der Waals surface area contributed by atoms with Crippen LogP contribution in [0.3, 0.4) is 0 Å². The number of hydrogen-bond donors (Lipinski definition) is 2. The Bertz CT molecular complexity index is 1340. The number of hydrogen-bond acceptors (Lipinski definition) is 8. The van der Waals surface area contributed by atoms with E-state index in [2.05, 4.69) is 37.6 Å². The molecule has 7 nitrogen and oxygen atoms in total. The first-order valence-electron chi connectivity index (χ1n) is 8.91. The van der Waals surface area contributed by atoms with Gasteiger partial charge in [-0.2, -0.15) is 0 Å². The molecule has 144 valence electrons. The average molecular weight is 422 g/mol. The van der Waals surface area contributed by atoms with Gasteiger partial charge in [0.1, 0.15) is 16.9 Å². The van der Waals surface area contributed by atoms with E-state index in [4.69, 9.17) is 4.42 Å². The van der Waals surface area contributed by atoms with Crippen molar-refractivity contribution in [3.05, 3.63) is 76.3 Å². The molecule has 0 saturated carbocycles. The van der Waals surface area contributed by atoms with Crippen LogP contribution in [-0.2, 0) is 12.3 Å². The van der Waals surface area contributed by atoms with Crippen LogP contribution in [0.4, 0.5) is 5.13 Å². The predicted molar refractivity (Wildman–Crippen MR) is 115 cm³/mol. The number of benzene rings is 2. The van der Waals surface area contributed by atoms with Crippen molar-refractivity contribution in [2.75, 3.05) is 5.32 Å². The van der Waals surface area contributed by atoms with E-state index in [1.807, 2.05) is 42.5 Å². The maximum atomic E-state index is 12.4. The minimum Gasteiger partial charge on any atom is -0.449 e. The minimum atomic E-state index is -0.274. The number of aromatic amines is 1.